The number of aliphatic hydroxyl groups is 1. The van der Waals surface area contributed by atoms with E-state index in [2.05, 4.69) is 16.9 Å². The second-order valence-corrected chi connectivity index (χ2v) is 7.00. The Morgan fingerprint density at radius 3 is 2.76 bits per heavy atom. The highest BCUT2D eigenvalue weighted by molar-refractivity contribution is 5.07. The molecule has 0 radical (unpaired) electrons. The number of aryl methyl sites for hydroxylation is 1. The van der Waals surface area contributed by atoms with Crippen LogP contribution in [0.4, 0.5) is 0 Å². The Balaban J connectivity index is 1.94. The van der Waals surface area contributed by atoms with Gasteiger partial charge in [-0.15, -0.1) is 0 Å². The summed E-state index contributed by atoms with van der Waals surface area (Å²) in [7, 11) is 2.13. The third-order valence-corrected chi connectivity index (χ3v) is 5.46. The fourth-order valence-electron chi connectivity index (χ4n) is 4.26. The maximum atomic E-state index is 12.0. The third-order valence-electron chi connectivity index (χ3n) is 5.46. The number of likely N-dealkylation sites (tertiary alicyclic amines) is 1. The van der Waals surface area contributed by atoms with Gasteiger partial charge in [0.15, 0.2) is 0 Å². The van der Waals surface area contributed by atoms with Gasteiger partial charge < -0.3 is 14.6 Å². The zero-order valence-electron chi connectivity index (χ0n) is 13.0. The molecule has 2 heterocycles. The Morgan fingerprint density at radius 1 is 1.33 bits per heavy atom. The molecule has 116 valence electrons. The predicted molar refractivity (Wildman–Crippen MR) is 81.2 cm³/mol. The van der Waals surface area contributed by atoms with E-state index in [1.165, 1.54) is 19.0 Å². The van der Waals surface area contributed by atoms with E-state index in [1.807, 2.05) is 6.92 Å². The zero-order valence-corrected chi connectivity index (χ0v) is 13.0. The van der Waals surface area contributed by atoms with Gasteiger partial charge in [-0.05, 0) is 33.2 Å². The van der Waals surface area contributed by atoms with Gasteiger partial charge in [0.2, 0.25) is 0 Å². The molecule has 1 saturated heterocycles. The van der Waals surface area contributed by atoms with Crippen LogP contribution in [0.15, 0.2) is 17.2 Å². The smallest absolute Gasteiger partial charge is 0.269 e. The molecule has 1 aromatic rings. The van der Waals surface area contributed by atoms with Crippen LogP contribution < -0.4 is 5.56 Å². The normalized spacial score (nSPS) is 29.1. The van der Waals surface area contributed by atoms with E-state index >= 15 is 0 Å². The molecule has 0 bridgehead atoms. The van der Waals surface area contributed by atoms with E-state index < -0.39 is 5.60 Å². The van der Waals surface area contributed by atoms with Crippen molar-refractivity contribution < 1.29 is 5.11 Å². The van der Waals surface area contributed by atoms with Crippen LogP contribution in [0.25, 0.3) is 0 Å². The van der Waals surface area contributed by atoms with Crippen molar-refractivity contribution in [2.24, 2.45) is 5.41 Å². The lowest BCUT2D eigenvalue weighted by molar-refractivity contribution is -0.139. The Bertz CT molecular complexity index is 577. The van der Waals surface area contributed by atoms with Crippen LogP contribution in [-0.4, -0.2) is 45.3 Å². The lowest BCUT2D eigenvalue weighted by Gasteiger charge is -2.51. The van der Waals surface area contributed by atoms with Crippen LogP contribution in [-0.2, 0) is 6.54 Å². The largest absolute Gasteiger partial charge is 0.387 e. The van der Waals surface area contributed by atoms with Crippen LogP contribution in [0.2, 0.25) is 0 Å². The molecular weight excluding hydrogens is 266 g/mol. The monoisotopic (exact) mass is 291 g/mol. The van der Waals surface area contributed by atoms with Gasteiger partial charge in [0.05, 0.1) is 24.0 Å². The molecule has 2 fully saturated rings. The molecule has 5 nitrogen and oxygen atoms in total. The van der Waals surface area contributed by atoms with Crippen molar-refractivity contribution in [1.29, 1.82) is 0 Å². The molecule has 1 N–H and O–H groups in total. The summed E-state index contributed by atoms with van der Waals surface area (Å²) in [5, 5.41) is 11.4. The quantitative estimate of drug-likeness (QED) is 0.889. The van der Waals surface area contributed by atoms with E-state index in [0.717, 1.165) is 38.0 Å². The van der Waals surface area contributed by atoms with E-state index in [0.29, 0.717) is 6.54 Å². The highest BCUT2D eigenvalue weighted by atomic mass is 16.3. The van der Waals surface area contributed by atoms with Crippen LogP contribution in [0, 0.1) is 12.3 Å². The minimum absolute atomic E-state index is 0.0589. The minimum Gasteiger partial charge on any atom is -0.387 e. The Labute approximate surface area is 125 Å². The van der Waals surface area contributed by atoms with Gasteiger partial charge in [-0.3, -0.25) is 9.78 Å². The minimum atomic E-state index is -0.784. The van der Waals surface area contributed by atoms with Crippen molar-refractivity contribution in [3.63, 3.8) is 0 Å². The van der Waals surface area contributed by atoms with Crippen molar-refractivity contribution in [1.82, 2.24) is 14.5 Å². The van der Waals surface area contributed by atoms with Crippen LogP contribution in [0.3, 0.4) is 0 Å². The van der Waals surface area contributed by atoms with E-state index in [9.17, 15) is 9.90 Å². The van der Waals surface area contributed by atoms with Gasteiger partial charge in [0, 0.05) is 24.7 Å². The van der Waals surface area contributed by atoms with Gasteiger partial charge in [0.25, 0.3) is 5.56 Å². The van der Waals surface area contributed by atoms with Crippen molar-refractivity contribution in [3.8, 4) is 0 Å². The van der Waals surface area contributed by atoms with Crippen LogP contribution in [0.5, 0.6) is 0 Å². The average Bonchev–Trinajstić information content (AvgIpc) is 2.89. The standard InChI is InChI=1S/C16H25N3O2/c1-13-10-19(14(20)9-17-13)12-16(21)7-8-18(2)11-15(16)5-3-4-6-15/h9-10,21H,3-8,11-12H2,1-2H3. The third kappa shape index (κ3) is 2.53. The second kappa shape index (κ2) is 5.21. The van der Waals surface area contributed by atoms with E-state index in [4.69, 9.17) is 0 Å². The molecule has 1 aliphatic heterocycles. The predicted octanol–water partition coefficient (Wildman–Crippen LogP) is 1.18. The summed E-state index contributed by atoms with van der Waals surface area (Å²) in [6.07, 6.45) is 8.34. The first-order chi connectivity index (χ1) is 9.94. The van der Waals surface area contributed by atoms with Gasteiger partial charge in [0.1, 0.15) is 0 Å². The molecule has 1 saturated carbocycles. The molecule has 1 aliphatic carbocycles. The first kappa shape index (κ1) is 14.7. The van der Waals surface area contributed by atoms with Crippen molar-refractivity contribution in [2.75, 3.05) is 20.1 Å². The summed E-state index contributed by atoms with van der Waals surface area (Å²) in [4.78, 5) is 18.4. The number of rotatable bonds is 2. The molecule has 1 atom stereocenters. The fourth-order valence-corrected chi connectivity index (χ4v) is 4.26. The second-order valence-electron chi connectivity index (χ2n) is 7.00. The first-order valence-electron chi connectivity index (χ1n) is 7.88. The molecular formula is C16H25N3O2. The molecule has 21 heavy (non-hydrogen) atoms. The van der Waals surface area contributed by atoms with Gasteiger partial charge in [-0.2, -0.15) is 0 Å². The van der Waals surface area contributed by atoms with E-state index in [1.54, 1.807) is 10.8 Å². The maximum absolute atomic E-state index is 12.0. The maximum Gasteiger partial charge on any atom is 0.269 e. The first-order valence-corrected chi connectivity index (χ1v) is 7.88. The lowest BCUT2D eigenvalue weighted by atomic mass is 9.66. The summed E-state index contributed by atoms with van der Waals surface area (Å²) < 4.78 is 1.65. The van der Waals surface area contributed by atoms with Gasteiger partial charge in [-0.1, -0.05) is 12.8 Å². The molecule has 0 amide bonds. The molecule has 3 rings (SSSR count). The van der Waals surface area contributed by atoms with Crippen molar-refractivity contribution in [3.05, 3.63) is 28.4 Å². The van der Waals surface area contributed by atoms with Crippen LogP contribution in [0.1, 0.15) is 37.8 Å². The zero-order chi connectivity index (χ0) is 15.1. The Hall–Kier alpha value is -1.20. The molecule has 0 aromatic carbocycles. The molecule has 1 unspecified atom stereocenters. The van der Waals surface area contributed by atoms with E-state index in [-0.39, 0.29) is 11.0 Å². The Morgan fingerprint density at radius 2 is 2.05 bits per heavy atom. The van der Waals surface area contributed by atoms with Gasteiger partial charge >= 0.3 is 0 Å². The topological polar surface area (TPSA) is 58.4 Å². The number of aromatic nitrogens is 2. The van der Waals surface area contributed by atoms with Gasteiger partial charge in [-0.25, -0.2) is 0 Å². The summed E-state index contributed by atoms with van der Waals surface area (Å²) in [5.74, 6) is 0. The highest BCUT2D eigenvalue weighted by Crippen LogP contribution is 2.51. The molecule has 5 heteroatoms. The fraction of sp³-hybridized carbons (Fsp3) is 0.750. The summed E-state index contributed by atoms with van der Waals surface area (Å²) >= 11 is 0. The summed E-state index contributed by atoms with van der Waals surface area (Å²) in [6, 6.07) is 0. The number of hydrogen-bond donors (Lipinski definition) is 1. The van der Waals surface area contributed by atoms with Crippen molar-refractivity contribution in [2.45, 2.75) is 51.2 Å². The SMILES string of the molecule is Cc1cn(CC2(O)CCN(C)CC23CCCC3)c(=O)cn1. The highest BCUT2D eigenvalue weighted by Gasteiger charge is 2.54. The molecule has 1 aromatic heterocycles. The molecule has 2 aliphatic rings. The number of hydrogen-bond acceptors (Lipinski definition) is 4. The summed E-state index contributed by atoms with van der Waals surface area (Å²) in [5.41, 5.74) is -0.155. The average molecular weight is 291 g/mol. The number of piperidine rings is 1. The van der Waals surface area contributed by atoms with Crippen LogP contribution >= 0.6 is 0 Å². The van der Waals surface area contributed by atoms with Crippen molar-refractivity contribution >= 4 is 0 Å². The Kier molecular flexibility index (Phi) is 3.66. The number of nitrogens with zero attached hydrogens (tertiary/aromatic N) is 3. The summed E-state index contributed by atoms with van der Waals surface area (Å²) in [6.45, 7) is 4.09. The molecule has 1 spiro atoms. The lowest BCUT2D eigenvalue weighted by Crippen LogP contribution is -2.60.